The highest BCUT2D eigenvalue weighted by molar-refractivity contribution is 5.73. The third kappa shape index (κ3) is 11.3. The zero-order valence-electron chi connectivity index (χ0n) is 17.2. The molecule has 33 heavy (non-hydrogen) atoms. The molecule has 1 aliphatic rings. The molecule has 0 bridgehead atoms. The van der Waals surface area contributed by atoms with Crippen LogP contribution < -0.4 is 5.32 Å². The lowest BCUT2D eigenvalue weighted by Gasteiger charge is -2.23. The van der Waals surface area contributed by atoms with Gasteiger partial charge in [0.15, 0.2) is 0 Å². The third-order valence-corrected chi connectivity index (χ3v) is 4.36. The van der Waals surface area contributed by atoms with Gasteiger partial charge in [-0.25, -0.2) is 9.59 Å². The van der Waals surface area contributed by atoms with Crippen molar-refractivity contribution in [3.8, 4) is 0 Å². The van der Waals surface area contributed by atoms with Crippen molar-refractivity contribution >= 4 is 11.9 Å². The first-order chi connectivity index (χ1) is 15.3. The number of carboxylic acids is 2. The number of hydrogen-bond donors (Lipinski definition) is 3. The minimum absolute atomic E-state index is 0.685. The summed E-state index contributed by atoms with van der Waals surface area (Å²) < 4.78 is 63.5. The molecule has 1 fully saturated rings. The second-order valence-corrected chi connectivity index (χ2v) is 6.92. The number of alkyl halides is 6. The fraction of sp³-hybridized carbons (Fsp3) is 0.381. The third-order valence-electron chi connectivity index (χ3n) is 4.36. The van der Waals surface area contributed by atoms with Crippen LogP contribution in [0.2, 0.25) is 0 Å². The van der Waals surface area contributed by atoms with Gasteiger partial charge in [-0.3, -0.25) is 4.98 Å². The van der Waals surface area contributed by atoms with Gasteiger partial charge in [0, 0.05) is 12.4 Å². The maximum absolute atomic E-state index is 10.6. The number of halogens is 6. The van der Waals surface area contributed by atoms with Crippen LogP contribution >= 0.6 is 0 Å². The molecule has 0 saturated carbocycles. The molecule has 0 aliphatic carbocycles. The Bertz CT molecular complexity index is 858. The smallest absolute Gasteiger partial charge is 0.475 e. The molecule has 12 heteroatoms. The Morgan fingerprint density at radius 1 is 0.879 bits per heavy atom. The predicted octanol–water partition coefficient (Wildman–Crippen LogP) is 4.41. The van der Waals surface area contributed by atoms with E-state index in [1.165, 1.54) is 29.5 Å². The second-order valence-electron chi connectivity index (χ2n) is 6.92. The fourth-order valence-corrected chi connectivity index (χ4v) is 2.81. The molecule has 0 amide bonds. The standard InChI is InChI=1S/C17H20N2.2C2HF3O2/c1-2-4-14(5-3-1)10-15-11-17(13-19-12-15)16-6-8-18-9-7-16;2*3-2(4,5)1(6)7/h1-5,11-13,16,18H,6-10H2;2*(H,6,7). The highest BCUT2D eigenvalue weighted by Crippen LogP contribution is 2.25. The maximum atomic E-state index is 10.6. The summed E-state index contributed by atoms with van der Waals surface area (Å²) in [4.78, 5) is 22.2. The van der Waals surface area contributed by atoms with Gasteiger partial charge in [-0.1, -0.05) is 36.4 Å². The van der Waals surface area contributed by atoms with E-state index in [-0.39, 0.29) is 0 Å². The Kier molecular flexibility index (Phi) is 10.8. The minimum atomic E-state index is -5.08. The number of rotatable bonds is 3. The lowest BCUT2D eigenvalue weighted by molar-refractivity contribution is -0.193. The molecule has 3 rings (SSSR count). The van der Waals surface area contributed by atoms with E-state index in [4.69, 9.17) is 19.8 Å². The molecule has 0 atom stereocenters. The van der Waals surface area contributed by atoms with Gasteiger partial charge in [0.05, 0.1) is 0 Å². The van der Waals surface area contributed by atoms with Crippen molar-refractivity contribution in [3.63, 3.8) is 0 Å². The summed E-state index contributed by atoms with van der Waals surface area (Å²) in [7, 11) is 0. The van der Waals surface area contributed by atoms with Crippen LogP contribution in [0.25, 0.3) is 0 Å². The molecule has 1 aromatic heterocycles. The van der Waals surface area contributed by atoms with Gasteiger partial charge in [-0.2, -0.15) is 26.3 Å². The lowest BCUT2D eigenvalue weighted by atomic mass is 9.90. The van der Waals surface area contributed by atoms with E-state index in [2.05, 4.69) is 46.7 Å². The van der Waals surface area contributed by atoms with Crippen molar-refractivity contribution in [2.24, 2.45) is 0 Å². The molecular formula is C21H22F6N2O4. The molecule has 182 valence electrons. The van der Waals surface area contributed by atoms with Crippen LogP contribution in [0.15, 0.2) is 48.8 Å². The van der Waals surface area contributed by atoms with Gasteiger partial charge in [-0.05, 0) is 55.0 Å². The first kappa shape index (κ1) is 27.9. The number of nitrogens with one attached hydrogen (secondary N) is 1. The Labute approximate surface area is 185 Å². The van der Waals surface area contributed by atoms with Gasteiger partial charge >= 0.3 is 24.3 Å². The topological polar surface area (TPSA) is 99.5 Å². The number of aromatic nitrogens is 1. The van der Waals surface area contributed by atoms with Crippen molar-refractivity contribution < 1.29 is 46.1 Å². The quantitative estimate of drug-likeness (QED) is 0.563. The van der Waals surface area contributed by atoms with Gasteiger partial charge in [-0.15, -0.1) is 0 Å². The normalized spacial score (nSPS) is 14.2. The van der Waals surface area contributed by atoms with Crippen LogP contribution in [0.3, 0.4) is 0 Å². The maximum Gasteiger partial charge on any atom is 0.490 e. The molecule has 3 N–H and O–H groups in total. The second kappa shape index (κ2) is 12.8. The van der Waals surface area contributed by atoms with E-state index in [0.29, 0.717) is 5.92 Å². The minimum Gasteiger partial charge on any atom is -0.475 e. The molecule has 0 radical (unpaired) electrons. The number of aliphatic carboxylic acids is 2. The van der Waals surface area contributed by atoms with E-state index in [9.17, 15) is 26.3 Å². The average molecular weight is 480 g/mol. The van der Waals surface area contributed by atoms with Crippen LogP contribution in [0.1, 0.15) is 35.4 Å². The van der Waals surface area contributed by atoms with E-state index in [1.54, 1.807) is 0 Å². The average Bonchev–Trinajstić information content (AvgIpc) is 2.75. The monoisotopic (exact) mass is 480 g/mol. The van der Waals surface area contributed by atoms with Crippen LogP contribution in [-0.4, -0.2) is 52.6 Å². The fourth-order valence-electron chi connectivity index (χ4n) is 2.81. The Balaban J connectivity index is 0.000000324. The highest BCUT2D eigenvalue weighted by Gasteiger charge is 2.38. The summed E-state index contributed by atoms with van der Waals surface area (Å²) in [6.45, 7) is 2.27. The van der Waals surface area contributed by atoms with Crippen LogP contribution in [0.5, 0.6) is 0 Å². The number of hydrogen-bond acceptors (Lipinski definition) is 4. The van der Waals surface area contributed by atoms with Crippen molar-refractivity contribution in [1.82, 2.24) is 10.3 Å². The van der Waals surface area contributed by atoms with Crippen molar-refractivity contribution in [3.05, 3.63) is 65.5 Å². The molecule has 0 spiro atoms. The van der Waals surface area contributed by atoms with Crippen molar-refractivity contribution in [1.29, 1.82) is 0 Å². The lowest BCUT2D eigenvalue weighted by Crippen LogP contribution is -2.26. The largest absolute Gasteiger partial charge is 0.490 e. The van der Waals surface area contributed by atoms with E-state index >= 15 is 0 Å². The number of carbonyl (C=O) groups is 2. The zero-order chi connectivity index (χ0) is 25.1. The summed E-state index contributed by atoms with van der Waals surface area (Å²) in [6, 6.07) is 13.0. The predicted molar refractivity (Wildman–Crippen MR) is 106 cm³/mol. The van der Waals surface area contributed by atoms with E-state index < -0.39 is 24.3 Å². The van der Waals surface area contributed by atoms with Gasteiger partial charge < -0.3 is 15.5 Å². The van der Waals surface area contributed by atoms with Crippen molar-refractivity contribution in [2.45, 2.75) is 37.5 Å². The SMILES string of the molecule is O=C(O)C(F)(F)F.O=C(O)C(F)(F)F.c1ccc(Cc2cncc(C3CCNCC3)c2)cc1. The summed E-state index contributed by atoms with van der Waals surface area (Å²) in [5, 5.41) is 17.7. The molecule has 2 heterocycles. The van der Waals surface area contributed by atoms with E-state index in [1.807, 2.05) is 12.4 Å². The van der Waals surface area contributed by atoms with E-state index in [0.717, 1.165) is 19.5 Å². The zero-order valence-corrected chi connectivity index (χ0v) is 17.2. The highest BCUT2D eigenvalue weighted by atomic mass is 19.4. The van der Waals surface area contributed by atoms with Gasteiger partial charge in [0.25, 0.3) is 0 Å². The summed E-state index contributed by atoms with van der Waals surface area (Å²) in [5.74, 6) is -4.83. The summed E-state index contributed by atoms with van der Waals surface area (Å²) >= 11 is 0. The number of benzene rings is 1. The Morgan fingerprint density at radius 3 is 1.82 bits per heavy atom. The first-order valence-corrected chi connectivity index (χ1v) is 9.59. The van der Waals surface area contributed by atoms with Crippen LogP contribution in [-0.2, 0) is 16.0 Å². The van der Waals surface area contributed by atoms with Crippen molar-refractivity contribution in [2.75, 3.05) is 13.1 Å². The van der Waals surface area contributed by atoms with Gasteiger partial charge in [0.2, 0.25) is 0 Å². The number of nitrogens with zero attached hydrogens (tertiary/aromatic N) is 1. The number of pyridine rings is 1. The molecular weight excluding hydrogens is 458 g/mol. The van der Waals surface area contributed by atoms with Gasteiger partial charge in [0.1, 0.15) is 0 Å². The summed E-state index contributed by atoms with van der Waals surface area (Å²) in [5.41, 5.74) is 4.09. The summed E-state index contributed by atoms with van der Waals surface area (Å²) in [6.07, 6.45) is -2.68. The molecule has 1 saturated heterocycles. The van der Waals surface area contributed by atoms with Crippen LogP contribution in [0.4, 0.5) is 26.3 Å². The Morgan fingerprint density at radius 2 is 1.36 bits per heavy atom. The molecule has 0 unspecified atom stereocenters. The number of piperidine rings is 1. The Hall–Kier alpha value is -3.15. The number of carboxylic acid groups (broad SMARTS) is 2. The van der Waals surface area contributed by atoms with Crippen LogP contribution in [0, 0.1) is 0 Å². The first-order valence-electron chi connectivity index (χ1n) is 9.59. The molecule has 1 aliphatic heterocycles. The molecule has 6 nitrogen and oxygen atoms in total. The molecule has 2 aromatic rings. The molecule has 1 aromatic carbocycles.